The summed E-state index contributed by atoms with van der Waals surface area (Å²) in [5.41, 5.74) is 3.77. The molecule has 1 amide bonds. The monoisotopic (exact) mass is 851 g/mol. The van der Waals surface area contributed by atoms with E-state index in [0.29, 0.717) is 6.61 Å². The maximum absolute atomic E-state index is 12.8. The molecule has 4 aromatic rings. The standard InChI is InChI=1S/C47H56F3NO10/c1-32-40(52)38(30-54-26-34-16-7-3-8-17-34)59-45(42(32)57-28-36-20-11-5-12-21-36)61-41-33(2)43(58-29-37-22-13-6-14-23-37)44(56-25-15-24-51-46(53)47(48,49)50)60-39(41)31-55-27-35-18-9-4-10-19-35/h3-14,16-23,32-33,38-45,52H,15,24-31H2,1-2H3,(H,51,53)/t32-,33?,38?,39-,40+,41-,42?,43?,44+,45-/m0/s1. The molecule has 0 aliphatic carbocycles. The van der Waals surface area contributed by atoms with E-state index in [1.807, 2.05) is 140 Å². The number of aliphatic hydroxyl groups is 1. The third kappa shape index (κ3) is 13.9. The van der Waals surface area contributed by atoms with Gasteiger partial charge >= 0.3 is 12.1 Å². The lowest BCUT2D eigenvalue weighted by Crippen LogP contribution is -2.62. The van der Waals surface area contributed by atoms with Crippen molar-refractivity contribution in [3.8, 4) is 0 Å². The van der Waals surface area contributed by atoms with Crippen molar-refractivity contribution >= 4 is 5.91 Å². The molecule has 10 atom stereocenters. The molecule has 4 aromatic carbocycles. The SMILES string of the molecule is CC1C(OCc2ccccc2)[C@H](OCCCNC(=O)C(F)(F)F)O[C@@H](COCc2ccccc2)[C@H]1O[C@@H]1OC(COCc2ccccc2)[C@H](O)[C@H](C)C1OCc1ccccc1. The summed E-state index contributed by atoms with van der Waals surface area (Å²) in [5, 5.41) is 13.5. The molecule has 2 aliphatic rings. The Morgan fingerprint density at radius 2 is 1.05 bits per heavy atom. The first-order valence-corrected chi connectivity index (χ1v) is 20.7. The molecule has 11 nitrogen and oxygen atoms in total. The van der Waals surface area contributed by atoms with Gasteiger partial charge < -0.3 is 48.3 Å². The molecular formula is C47H56F3NO10. The third-order valence-corrected chi connectivity index (χ3v) is 10.8. The van der Waals surface area contributed by atoms with Gasteiger partial charge in [-0.15, -0.1) is 0 Å². The Hall–Kier alpha value is -4.22. The van der Waals surface area contributed by atoms with E-state index in [9.17, 15) is 23.1 Å². The summed E-state index contributed by atoms with van der Waals surface area (Å²) in [5.74, 6) is -2.90. The van der Waals surface area contributed by atoms with E-state index >= 15 is 0 Å². The molecule has 0 aromatic heterocycles. The Morgan fingerprint density at radius 1 is 0.607 bits per heavy atom. The molecule has 2 saturated heterocycles. The van der Waals surface area contributed by atoms with Crippen LogP contribution in [0.4, 0.5) is 13.2 Å². The first-order valence-electron chi connectivity index (χ1n) is 20.7. The van der Waals surface area contributed by atoms with Crippen molar-refractivity contribution in [1.29, 1.82) is 0 Å². The second-order valence-electron chi connectivity index (χ2n) is 15.4. The molecular weight excluding hydrogens is 796 g/mol. The fraction of sp³-hybridized carbons (Fsp3) is 0.468. The second kappa shape index (κ2) is 23.3. The summed E-state index contributed by atoms with van der Waals surface area (Å²) in [7, 11) is 0. The molecule has 2 N–H and O–H groups in total. The Labute approximate surface area is 355 Å². The van der Waals surface area contributed by atoms with Crippen LogP contribution in [0, 0.1) is 11.8 Å². The van der Waals surface area contributed by atoms with E-state index in [1.165, 1.54) is 0 Å². The fourth-order valence-electron chi connectivity index (χ4n) is 7.40. The van der Waals surface area contributed by atoms with Gasteiger partial charge in [0.15, 0.2) is 12.6 Å². The van der Waals surface area contributed by atoms with Gasteiger partial charge in [0, 0.05) is 18.4 Å². The molecule has 0 saturated carbocycles. The normalized spacial score (nSPS) is 26.8. The minimum absolute atomic E-state index is 0.0367. The minimum Gasteiger partial charge on any atom is -0.390 e. The van der Waals surface area contributed by atoms with Crippen LogP contribution >= 0.6 is 0 Å². The van der Waals surface area contributed by atoms with E-state index < -0.39 is 73.1 Å². The van der Waals surface area contributed by atoms with Gasteiger partial charge in [0.2, 0.25) is 0 Å². The summed E-state index contributed by atoms with van der Waals surface area (Å²) in [6, 6.07) is 38.6. The highest BCUT2D eigenvalue weighted by atomic mass is 19.4. The van der Waals surface area contributed by atoms with Crippen LogP contribution in [-0.4, -0.2) is 92.8 Å². The van der Waals surface area contributed by atoms with E-state index in [-0.39, 0.29) is 52.6 Å². The number of benzene rings is 4. The summed E-state index contributed by atoms with van der Waals surface area (Å²) in [6.07, 6.45) is -11.5. The van der Waals surface area contributed by atoms with Crippen LogP contribution in [-0.2, 0) is 69.1 Å². The van der Waals surface area contributed by atoms with Crippen LogP contribution in [0.2, 0.25) is 0 Å². The van der Waals surface area contributed by atoms with Crippen molar-refractivity contribution in [2.75, 3.05) is 26.4 Å². The first kappa shape index (κ1) is 46.3. The van der Waals surface area contributed by atoms with Crippen molar-refractivity contribution in [3.63, 3.8) is 0 Å². The van der Waals surface area contributed by atoms with Gasteiger partial charge in [-0.1, -0.05) is 135 Å². The topological polar surface area (TPSA) is 123 Å². The Morgan fingerprint density at radius 3 is 1.54 bits per heavy atom. The highest BCUT2D eigenvalue weighted by Gasteiger charge is 2.51. The third-order valence-electron chi connectivity index (χ3n) is 10.8. The summed E-state index contributed by atoms with van der Waals surface area (Å²) in [4.78, 5) is 11.4. The molecule has 0 spiro atoms. The molecule has 2 aliphatic heterocycles. The molecule has 2 heterocycles. The Balaban J connectivity index is 1.24. The van der Waals surface area contributed by atoms with Gasteiger partial charge in [0.05, 0.1) is 58.5 Å². The number of nitrogens with one attached hydrogen (secondary N) is 1. The number of halogens is 3. The first-order chi connectivity index (χ1) is 29.6. The minimum atomic E-state index is -4.99. The second-order valence-corrected chi connectivity index (χ2v) is 15.4. The number of alkyl halides is 3. The molecule has 4 unspecified atom stereocenters. The van der Waals surface area contributed by atoms with Crippen LogP contribution in [0.5, 0.6) is 0 Å². The number of carbonyl (C=O) groups is 1. The van der Waals surface area contributed by atoms with Gasteiger partial charge in [-0.25, -0.2) is 0 Å². The maximum atomic E-state index is 12.8. The number of amides is 1. The lowest BCUT2D eigenvalue weighted by molar-refractivity contribution is -0.357. The molecule has 2 fully saturated rings. The predicted octanol–water partition coefficient (Wildman–Crippen LogP) is 7.14. The maximum Gasteiger partial charge on any atom is 0.471 e. The quantitative estimate of drug-likeness (QED) is 0.0837. The average molecular weight is 852 g/mol. The van der Waals surface area contributed by atoms with Gasteiger partial charge in [0.25, 0.3) is 0 Å². The van der Waals surface area contributed by atoms with E-state index in [1.54, 1.807) is 0 Å². The summed E-state index contributed by atoms with van der Waals surface area (Å²) < 4.78 is 90.3. The molecule has 14 heteroatoms. The van der Waals surface area contributed by atoms with Crippen molar-refractivity contribution in [2.24, 2.45) is 11.8 Å². The molecule has 0 bridgehead atoms. The zero-order chi connectivity index (χ0) is 43.0. The molecule has 61 heavy (non-hydrogen) atoms. The summed E-state index contributed by atoms with van der Waals surface area (Å²) in [6.45, 7) is 4.78. The highest BCUT2D eigenvalue weighted by molar-refractivity contribution is 5.81. The Bertz CT molecular complexity index is 1840. The number of rotatable bonds is 21. The largest absolute Gasteiger partial charge is 0.471 e. The lowest BCUT2D eigenvalue weighted by atomic mass is 9.88. The number of ether oxygens (including phenoxy) is 8. The molecule has 330 valence electrons. The van der Waals surface area contributed by atoms with Crippen molar-refractivity contribution < 1.29 is 61.0 Å². The van der Waals surface area contributed by atoms with E-state index in [0.717, 1.165) is 22.3 Å². The zero-order valence-corrected chi connectivity index (χ0v) is 34.4. The van der Waals surface area contributed by atoms with Crippen LogP contribution < -0.4 is 5.32 Å². The van der Waals surface area contributed by atoms with Crippen LogP contribution in [0.25, 0.3) is 0 Å². The predicted molar refractivity (Wildman–Crippen MR) is 218 cm³/mol. The number of hydrogen-bond donors (Lipinski definition) is 2. The van der Waals surface area contributed by atoms with Crippen molar-refractivity contribution in [2.45, 2.75) is 102 Å². The highest BCUT2D eigenvalue weighted by Crippen LogP contribution is 2.37. The summed E-state index contributed by atoms with van der Waals surface area (Å²) >= 11 is 0. The van der Waals surface area contributed by atoms with Gasteiger partial charge in [-0.05, 0) is 28.7 Å². The van der Waals surface area contributed by atoms with E-state index in [4.69, 9.17) is 37.9 Å². The number of carbonyl (C=O) groups excluding carboxylic acids is 1. The van der Waals surface area contributed by atoms with Gasteiger partial charge in [0.1, 0.15) is 24.4 Å². The molecule has 0 radical (unpaired) electrons. The number of aliphatic hydroxyl groups excluding tert-OH is 1. The van der Waals surface area contributed by atoms with Crippen molar-refractivity contribution in [1.82, 2.24) is 5.32 Å². The van der Waals surface area contributed by atoms with Crippen LogP contribution in [0.15, 0.2) is 121 Å². The molecule has 6 rings (SSSR count). The van der Waals surface area contributed by atoms with Gasteiger partial charge in [-0.2, -0.15) is 13.2 Å². The van der Waals surface area contributed by atoms with Gasteiger partial charge in [-0.3, -0.25) is 4.79 Å². The van der Waals surface area contributed by atoms with Crippen LogP contribution in [0.1, 0.15) is 42.5 Å². The van der Waals surface area contributed by atoms with Crippen molar-refractivity contribution in [3.05, 3.63) is 144 Å². The number of hydrogen-bond acceptors (Lipinski definition) is 10. The van der Waals surface area contributed by atoms with Crippen LogP contribution in [0.3, 0.4) is 0 Å². The zero-order valence-electron chi connectivity index (χ0n) is 34.4. The van der Waals surface area contributed by atoms with E-state index in [2.05, 4.69) is 0 Å². The fourth-order valence-corrected chi connectivity index (χ4v) is 7.40. The lowest BCUT2D eigenvalue weighted by Gasteiger charge is -2.49. The average Bonchev–Trinajstić information content (AvgIpc) is 3.27. The smallest absolute Gasteiger partial charge is 0.390 e. The Kier molecular flexibility index (Phi) is 17.7.